The molecule has 3 heterocycles. The van der Waals surface area contributed by atoms with Crippen LogP contribution >= 0.6 is 11.3 Å². The molecule has 7 heteroatoms. The molecule has 0 spiro atoms. The zero-order chi connectivity index (χ0) is 14.1. The number of hydrogen-bond donors (Lipinski definition) is 2. The summed E-state index contributed by atoms with van der Waals surface area (Å²) in [6.07, 6.45) is 2.67. The molecule has 0 saturated carbocycles. The molecule has 0 unspecified atom stereocenters. The molecule has 3 N–H and O–H groups in total. The summed E-state index contributed by atoms with van der Waals surface area (Å²) >= 11 is 1.65. The number of rotatable bonds is 3. The van der Waals surface area contributed by atoms with Crippen LogP contribution in [0.5, 0.6) is 0 Å². The van der Waals surface area contributed by atoms with Crippen LogP contribution in [0.2, 0.25) is 0 Å². The Labute approximate surface area is 120 Å². The quantitative estimate of drug-likeness (QED) is 0.567. The van der Waals surface area contributed by atoms with Gasteiger partial charge in [-0.15, -0.1) is 11.3 Å². The molecular formula is C13H14N6S. The summed E-state index contributed by atoms with van der Waals surface area (Å²) < 4.78 is 0. The van der Waals surface area contributed by atoms with Gasteiger partial charge < -0.3 is 5.43 Å². The number of fused-ring (bicyclic) bond motifs is 1. The van der Waals surface area contributed by atoms with E-state index in [1.807, 2.05) is 6.92 Å². The number of anilines is 1. The summed E-state index contributed by atoms with van der Waals surface area (Å²) in [5.41, 5.74) is 3.34. The predicted molar refractivity (Wildman–Crippen MR) is 80.4 cm³/mol. The van der Waals surface area contributed by atoms with E-state index in [0.29, 0.717) is 23.2 Å². The van der Waals surface area contributed by atoms with Crippen molar-refractivity contribution in [3.05, 3.63) is 29.0 Å². The molecule has 0 radical (unpaired) electrons. The first-order valence-electron chi connectivity index (χ1n) is 6.28. The number of aromatic nitrogens is 4. The number of hydrazine groups is 1. The number of aryl methyl sites for hydroxylation is 2. The fourth-order valence-electron chi connectivity index (χ4n) is 1.95. The Balaban J connectivity index is 2.21. The third-order valence-corrected chi connectivity index (χ3v) is 4.11. The van der Waals surface area contributed by atoms with Crippen LogP contribution in [0.4, 0.5) is 5.82 Å². The minimum Gasteiger partial charge on any atom is -0.308 e. The lowest BCUT2D eigenvalue weighted by molar-refractivity contribution is 1.04. The van der Waals surface area contributed by atoms with Crippen molar-refractivity contribution in [2.24, 2.45) is 5.84 Å². The van der Waals surface area contributed by atoms with Crippen molar-refractivity contribution in [2.45, 2.75) is 20.3 Å². The molecule has 0 aliphatic carbocycles. The van der Waals surface area contributed by atoms with E-state index in [1.54, 1.807) is 23.6 Å². The second-order valence-electron chi connectivity index (χ2n) is 4.31. The number of nitrogens with zero attached hydrogens (tertiary/aromatic N) is 4. The Bertz CT molecular complexity index is 767. The molecule has 0 bridgehead atoms. The summed E-state index contributed by atoms with van der Waals surface area (Å²) in [7, 11) is 0. The van der Waals surface area contributed by atoms with Crippen molar-refractivity contribution in [3.8, 4) is 11.5 Å². The van der Waals surface area contributed by atoms with Crippen LogP contribution in [-0.2, 0) is 6.42 Å². The topological polar surface area (TPSA) is 89.6 Å². The van der Waals surface area contributed by atoms with Crippen LogP contribution in [0.1, 0.15) is 17.6 Å². The lowest BCUT2D eigenvalue weighted by atomic mass is 10.3. The molecule has 0 aliphatic heterocycles. The highest BCUT2D eigenvalue weighted by atomic mass is 32.1. The Morgan fingerprint density at radius 2 is 2.15 bits per heavy atom. The minimum atomic E-state index is 0.556. The molecule has 3 aromatic heterocycles. The standard InChI is InChI=1S/C13H14N6S/c1-3-8-6-9-11(19-14)17-12(18-13(9)20-8)10-4-5-15-7(2)16-10/h4-6H,3,14H2,1-2H3,(H,17,18,19). The van der Waals surface area contributed by atoms with Crippen molar-refractivity contribution in [1.29, 1.82) is 0 Å². The lowest BCUT2D eigenvalue weighted by Gasteiger charge is -2.04. The van der Waals surface area contributed by atoms with E-state index in [-0.39, 0.29) is 0 Å². The summed E-state index contributed by atoms with van der Waals surface area (Å²) in [5, 5.41) is 0.948. The van der Waals surface area contributed by atoms with Crippen molar-refractivity contribution >= 4 is 27.4 Å². The van der Waals surface area contributed by atoms with Crippen molar-refractivity contribution in [1.82, 2.24) is 19.9 Å². The largest absolute Gasteiger partial charge is 0.308 e. The van der Waals surface area contributed by atoms with Gasteiger partial charge in [-0.1, -0.05) is 6.92 Å². The van der Waals surface area contributed by atoms with Crippen LogP contribution < -0.4 is 11.3 Å². The molecular weight excluding hydrogens is 272 g/mol. The van der Waals surface area contributed by atoms with E-state index in [9.17, 15) is 0 Å². The van der Waals surface area contributed by atoms with E-state index in [2.05, 4.69) is 38.4 Å². The van der Waals surface area contributed by atoms with Gasteiger partial charge in [-0.2, -0.15) is 0 Å². The van der Waals surface area contributed by atoms with E-state index < -0.39 is 0 Å². The Hall–Kier alpha value is -2.12. The maximum atomic E-state index is 5.58. The van der Waals surface area contributed by atoms with E-state index in [1.165, 1.54) is 4.88 Å². The van der Waals surface area contributed by atoms with Gasteiger partial charge in [0.1, 0.15) is 16.3 Å². The van der Waals surface area contributed by atoms with Gasteiger partial charge in [-0.05, 0) is 25.5 Å². The number of nitrogens with two attached hydrogens (primary N) is 1. The van der Waals surface area contributed by atoms with Crippen LogP contribution in [0.3, 0.4) is 0 Å². The van der Waals surface area contributed by atoms with Gasteiger partial charge in [0, 0.05) is 11.1 Å². The maximum Gasteiger partial charge on any atom is 0.181 e. The summed E-state index contributed by atoms with van der Waals surface area (Å²) in [5.74, 6) is 7.44. The maximum absolute atomic E-state index is 5.58. The van der Waals surface area contributed by atoms with Crippen LogP contribution in [0.25, 0.3) is 21.7 Å². The van der Waals surface area contributed by atoms with Crippen LogP contribution in [-0.4, -0.2) is 19.9 Å². The lowest BCUT2D eigenvalue weighted by Crippen LogP contribution is -2.10. The second-order valence-corrected chi connectivity index (χ2v) is 5.43. The highest BCUT2D eigenvalue weighted by Gasteiger charge is 2.12. The molecule has 0 aromatic carbocycles. The van der Waals surface area contributed by atoms with E-state index in [4.69, 9.17) is 5.84 Å². The van der Waals surface area contributed by atoms with Gasteiger partial charge in [0.2, 0.25) is 0 Å². The Kier molecular flexibility index (Phi) is 3.29. The molecule has 102 valence electrons. The third kappa shape index (κ3) is 2.21. The molecule has 0 atom stereocenters. The minimum absolute atomic E-state index is 0.556. The number of nitrogens with one attached hydrogen (secondary N) is 1. The van der Waals surface area contributed by atoms with Crippen LogP contribution in [0, 0.1) is 6.92 Å². The third-order valence-electron chi connectivity index (χ3n) is 2.93. The van der Waals surface area contributed by atoms with Crippen molar-refractivity contribution in [2.75, 3.05) is 5.43 Å². The summed E-state index contributed by atoms with van der Waals surface area (Å²) in [6, 6.07) is 3.87. The van der Waals surface area contributed by atoms with Gasteiger partial charge >= 0.3 is 0 Å². The van der Waals surface area contributed by atoms with Gasteiger partial charge in [-0.25, -0.2) is 25.8 Å². The smallest absolute Gasteiger partial charge is 0.181 e. The van der Waals surface area contributed by atoms with Crippen LogP contribution in [0.15, 0.2) is 18.3 Å². The van der Waals surface area contributed by atoms with Gasteiger partial charge in [0.05, 0.1) is 5.39 Å². The molecule has 3 rings (SSSR count). The molecule has 6 nitrogen and oxygen atoms in total. The first-order valence-corrected chi connectivity index (χ1v) is 7.10. The fourth-order valence-corrected chi connectivity index (χ4v) is 2.92. The fraction of sp³-hybridized carbons (Fsp3) is 0.231. The highest BCUT2D eigenvalue weighted by Crippen LogP contribution is 2.30. The summed E-state index contributed by atoms with van der Waals surface area (Å²) in [6.45, 7) is 3.95. The first-order chi connectivity index (χ1) is 9.71. The molecule has 3 aromatic rings. The zero-order valence-corrected chi connectivity index (χ0v) is 12.0. The Morgan fingerprint density at radius 1 is 1.30 bits per heavy atom. The van der Waals surface area contributed by atoms with Gasteiger partial charge in [-0.3, -0.25) is 0 Å². The van der Waals surface area contributed by atoms with Gasteiger partial charge in [0.25, 0.3) is 0 Å². The predicted octanol–water partition coefficient (Wildman–Crippen LogP) is 2.30. The van der Waals surface area contributed by atoms with E-state index in [0.717, 1.165) is 16.6 Å². The normalized spacial score (nSPS) is 10.9. The molecule has 0 fully saturated rings. The number of nitrogen functional groups attached to an aromatic ring is 1. The number of thiophene rings is 1. The monoisotopic (exact) mass is 286 g/mol. The molecule has 20 heavy (non-hydrogen) atoms. The number of hydrogen-bond acceptors (Lipinski definition) is 7. The highest BCUT2D eigenvalue weighted by molar-refractivity contribution is 7.18. The van der Waals surface area contributed by atoms with Crippen molar-refractivity contribution < 1.29 is 0 Å². The SMILES string of the molecule is CCc1cc2c(NN)nc(-c3ccnc(C)n3)nc2s1. The average molecular weight is 286 g/mol. The van der Waals surface area contributed by atoms with E-state index >= 15 is 0 Å². The first kappa shape index (κ1) is 12.9. The van der Waals surface area contributed by atoms with Crippen molar-refractivity contribution in [3.63, 3.8) is 0 Å². The molecule has 0 saturated heterocycles. The summed E-state index contributed by atoms with van der Waals surface area (Å²) in [4.78, 5) is 19.6. The van der Waals surface area contributed by atoms with Gasteiger partial charge in [0.15, 0.2) is 11.6 Å². The molecule has 0 amide bonds. The zero-order valence-electron chi connectivity index (χ0n) is 11.2. The molecule has 0 aliphatic rings. The second kappa shape index (κ2) is 5.10. The Morgan fingerprint density at radius 3 is 2.85 bits per heavy atom. The average Bonchev–Trinajstić information content (AvgIpc) is 2.89.